The van der Waals surface area contributed by atoms with Crippen molar-refractivity contribution in [3.8, 4) is 6.07 Å². The van der Waals surface area contributed by atoms with E-state index in [-0.39, 0.29) is 5.91 Å². The van der Waals surface area contributed by atoms with Crippen LogP contribution >= 0.6 is 11.8 Å². The molecule has 2 atom stereocenters. The van der Waals surface area contributed by atoms with Crippen LogP contribution in [0.5, 0.6) is 0 Å². The summed E-state index contributed by atoms with van der Waals surface area (Å²) in [5.41, 5.74) is 0.524. The molecule has 0 aromatic carbocycles. The number of hydrogen-bond acceptors (Lipinski definition) is 4. The summed E-state index contributed by atoms with van der Waals surface area (Å²) in [5, 5.41) is 12.7. The van der Waals surface area contributed by atoms with Crippen molar-refractivity contribution < 1.29 is 4.79 Å². The van der Waals surface area contributed by atoms with E-state index in [9.17, 15) is 4.79 Å². The van der Waals surface area contributed by atoms with E-state index in [1.807, 2.05) is 0 Å². The average Bonchev–Trinajstić information content (AvgIpc) is 2.48. The van der Waals surface area contributed by atoms with E-state index < -0.39 is 0 Å². The third kappa shape index (κ3) is 3.97. The van der Waals surface area contributed by atoms with Crippen LogP contribution < -0.4 is 5.32 Å². The lowest BCUT2D eigenvalue weighted by molar-refractivity contribution is -0.119. The Morgan fingerprint density at radius 3 is 3.10 bits per heavy atom. The number of carbonyl (C=O) groups is 1. The molecule has 1 amide bonds. The summed E-state index contributed by atoms with van der Waals surface area (Å²) >= 11 is 1.32. The second-order valence-corrected chi connectivity index (χ2v) is 6.16. The van der Waals surface area contributed by atoms with Crippen molar-refractivity contribution in [2.75, 3.05) is 5.75 Å². The van der Waals surface area contributed by atoms with Crippen LogP contribution in [0.4, 0.5) is 0 Å². The number of nitrogens with zero attached hydrogens (tertiary/aromatic N) is 2. The maximum Gasteiger partial charge on any atom is 0.230 e. The second-order valence-electron chi connectivity index (χ2n) is 5.19. The van der Waals surface area contributed by atoms with E-state index >= 15 is 0 Å². The molecule has 106 valence electrons. The van der Waals surface area contributed by atoms with Crippen LogP contribution in [0.1, 0.15) is 38.2 Å². The molecule has 4 nitrogen and oxygen atoms in total. The fourth-order valence-electron chi connectivity index (χ4n) is 2.50. The summed E-state index contributed by atoms with van der Waals surface area (Å²) in [6.45, 7) is 2.20. The van der Waals surface area contributed by atoms with Gasteiger partial charge in [-0.2, -0.15) is 5.26 Å². The number of carbonyl (C=O) groups excluding carboxylic acids is 1. The molecule has 5 heteroatoms. The van der Waals surface area contributed by atoms with Gasteiger partial charge in [-0.25, -0.2) is 4.98 Å². The Hall–Kier alpha value is -1.54. The number of amides is 1. The molecule has 20 heavy (non-hydrogen) atoms. The Bertz CT molecular complexity index is 512. The van der Waals surface area contributed by atoms with Crippen molar-refractivity contribution in [2.24, 2.45) is 5.92 Å². The second kappa shape index (κ2) is 7.30. The third-order valence-corrected chi connectivity index (χ3v) is 4.69. The minimum Gasteiger partial charge on any atom is -0.352 e. The molecular formula is C15H19N3OS. The molecule has 0 bridgehead atoms. The molecule has 2 rings (SSSR count). The zero-order valence-electron chi connectivity index (χ0n) is 11.6. The van der Waals surface area contributed by atoms with Crippen molar-refractivity contribution in [1.29, 1.82) is 5.26 Å². The van der Waals surface area contributed by atoms with Crippen LogP contribution in [0.15, 0.2) is 23.4 Å². The van der Waals surface area contributed by atoms with Gasteiger partial charge in [-0.1, -0.05) is 31.5 Å². The number of pyridine rings is 1. The standard InChI is InChI=1S/C15H19N3OS/c1-11-5-2-3-7-13(11)18-14(19)10-20-15-12(9-16)6-4-8-17-15/h4,6,8,11,13H,2-3,5,7,10H2,1H3,(H,18,19)/t11-,13+/m0/s1. The quantitative estimate of drug-likeness (QED) is 0.866. The van der Waals surface area contributed by atoms with Crippen molar-refractivity contribution in [3.05, 3.63) is 23.9 Å². The molecule has 1 aliphatic carbocycles. The highest BCUT2D eigenvalue weighted by atomic mass is 32.2. The van der Waals surface area contributed by atoms with Crippen LogP contribution in [0.25, 0.3) is 0 Å². The molecule has 1 aliphatic rings. The first-order valence-corrected chi connectivity index (χ1v) is 7.96. The van der Waals surface area contributed by atoms with E-state index in [0.717, 1.165) is 6.42 Å². The maximum absolute atomic E-state index is 12.0. The van der Waals surface area contributed by atoms with Gasteiger partial charge >= 0.3 is 0 Å². The first kappa shape index (κ1) is 14.9. The van der Waals surface area contributed by atoms with Crippen molar-refractivity contribution >= 4 is 17.7 Å². The topological polar surface area (TPSA) is 65.8 Å². The van der Waals surface area contributed by atoms with E-state index in [0.29, 0.717) is 28.3 Å². The maximum atomic E-state index is 12.0. The Labute approximate surface area is 124 Å². The van der Waals surface area contributed by atoms with Crippen LogP contribution in [0.2, 0.25) is 0 Å². The molecule has 0 radical (unpaired) electrons. The minimum atomic E-state index is 0.0308. The van der Waals surface area contributed by atoms with Gasteiger partial charge in [0.25, 0.3) is 0 Å². The Balaban J connectivity index is 1.84. The summed E-state index contributed by atoms with van der Waals surface area (Å²) in [5.74, 6) is 0.903. The average molecular weight is 289 g/mol. The number of rotatable bonds is 4. The lowest BCUT2D eigenvalue weighted by Crippen LogP contribution is -2.41. The summed E-state index contributed by atoms with van der Waals surface area (Å²) in [6.07, 6.45) is 6.37. The molecule has 0 unspecified atom stereocenters. The van der Waals surface area contributed by atoms with Crippen LogP contribution in [-0.4, -0.2) is 22.7 Å². The number of hydrogen-bond donors (Lipinski definition) is 1. The normalized spacial score (nSPS) is 22.0. The zero-order chi connectivity index (χ0) is 14.4. The minimum absolute atomic E-state index is 0.0308. The van der Waals surface area contributed by atoms with Crippen LogP contribution in [0.3, 0.4) is 0 Å². The molecule has 1 aromatic heterocycles. The predicted octanol–water partition coefficient (Wildman–Crippen LogP) is 2.74. The van der Waals surface area contributed by atoms with Gasteiger partial charge in [0.15, 0.2) is 0 Å². The van der Waals surface area contributed by atoms with Crippen molar-refractivity contribution in [1.82, 2.24) is 10.3 Å². The monoisotopic (exact) mass is 289 g/mol. The Morgan fingerprint density at radius 2 is 2.35 bits per heavy atom. The summed E-state index contributed by atoms with van der Waals surface area (Å²) in [4.78, 5) is 16.1. The Kier molecular flexibility index (Phi) is 5.42. The van der Waals surface area contributed by atoms with Gasteiger partial charge in [0.1, 0.15) is 11.1 Å². The number of nitriles is 1. The molecule has 0 aliphatic heterocycles. The summed E-state index contributed by atoms with van der Waals surface area (Å²) in [6, 6.07) is 5.84. The van der Waals surface area contributed by atoms with Gasteiger partial charge < -0.3 is 5.32 Å². The smallest absolute Gasteiger partial charge is 0.230 e. The molecule has 1 heterocycles. The fourth-order valence-corrected chi connectivity index (χ4v) is 3.26. The predicted molar refractivity (Wildman–Crippen MR) is 79.2 cm³/mol. The zero-order valence-corrected chi connectivity index (χ0v) is 12.4. The van der Waals surface area contributed by atoms with Gasteiger partial charge in [-0.3, -0.25) is 4.79 Å². The number of aromatic nitrogens is 1. The van der Waals surface area contributed by atoms with E-state index in [4.69, 9.17) is 5.26 Å². The molecule has 1 aromatic rings. The third-order valence-electron chi connectivity index (χ3n) is 3.69. The first-order valence-electron chi connectivity index (χ1n) is 6.98. The first-order chi connectivity index (χ1) is 9.70. The molecule has 1 N–H and O–H groups in total. The lowest BCUT2D eigenvalue weighted by atomic mass is 9.86. The van der Waals surface area contributed by atoms with Gasteiger partial charge in [0, 0.05) is 12.2 Å². The van der Waals surface area contributed by atoms with E-state index in [1.54, 1.807) is 18.3 Å². The van der Waals surface area contributed by atoms with Gasteiger partial charge in [0.2, 0.25) is 5.91 Å². The molecular weight excluding hydrogens is 270 g/mol. The van der Waals surface area contributed by atoms with Crippen LogP contribution in [-0.2, 0) is 4.79 Å². The lowest BCUT2D eigenvalue weighted by Gasteiger charge is -2.29. The largest absolute Gasteiger partial charge is 0.352 e. The highest BCUT2D eigenvalue weighted by Gasteiger charge is 2.22. The number of thioether (sulfide) groups is 1. The highest BCUT2D eigenvalue weighted by molar-refractivity contribution is 7.99. The van der Waals surface area contributed by atoms with Gasteiger partial charge in [-0.05, 0) is 30.9 Å². The molecule has 1 fully saturated rings. The fraction of sp³-hybridized carbons (Fsp3) is 0.533. The number of nitrogens with one attached hydrogen (secondary N) is 1. The van der Waals surface area contributed by atoms with Crippen LogP contribution in [0, 0.1) is 17.2 Å². The summed E-state index contributed by atoms with van der Waals surface area (Å²) < 4.78 is 0. The highest BCUT2D eigenvalue weighted by Crippen LogP contribution is 2.24. The molecule has 0 saturated heterocycles. The SMILES string of the molecule is C[C@H]1CCCC[C@H]1NC(=O)CSc1ncccc1C#N. The Morgan fingerprint density at radius 1 is 1.55 bits per heavy atom. The van der Waals surface area contributed by atoms with Gasteiger partial charge in [0.05, 0.1) is 11.3 Å². The van der Waals surface area contributed by atoms with Crippen molar-refractivity contribution in [3.63, 3.8) is 0 Å². The molecule has 1 saturated carbocycles. The van der Waals surface area contributed by atoms with E-state index in [2.05, 4.69) is 23.3 Å². The van der Waals surface area contributed by atoms with E-state index in [1.165, 1.54) is 31.0 Å². The van der Waals surface area contributed by atoms with Crippen molar-refractivity contribution in [2.45, 2.75) is 43.7 Å². The molecule has 0 spiro atoms. The van der Waals surface area contributed by atoms with Gasteiger partial charge in [-0.15, -0.1) is 0 Å². The summed E-state index contributed by atoms with van der Waals surface area (Å²) in [7, 11) is 0.